The summed E-state index contributed by atoms with van der Waals surface area (Å²) in [6, 6.07) is 12.6. The topological polar surface area (TPSA) is 29.3 Å². The van der Waals surface area contributed by atoms with Gasteiger partial charge in [0.25, 0.3) is 0 Å². The van der Waals surface area contributed by atoms with Gasteiger partial charge in [-0.15, -0.1) is 0 Å². The summed E-state index contributed by atoms with van der Waals surface area (Å²) >= 11 is 0. The zero-order valence-electron chi connectivity index (χ0n) is 12.1. The van der Waals surface area contributed by atoms with Gasteiger partial charge in [-0.05, 0) is 43.7 Å². The van der Waals surface area contributed by atoms with Crippen LogP contribution in [-0.2, 0) is 0 Å². The van der Waals surface area contributed by atoms with Gasteiger partial charge in [-0.2, -0.15) is 0 Å². The van der Waals surface area contributed by atoms with Crippen molar-refractivity contribution in [2.45, 2.75) is 19.4 Å². The van der Waals surface area contributed by atoms with Crippen LogP contribution in [0.25, 0.3) is 0 Å². The Labute approximate surface area is 124 Å². The van der Waals surface area contributed by atoms with E-state index in [9.17, 15) is 8.78 Å². The third kappa shape index (κ3) is 4.02. The van der Waals surface area contributed by atoms with Crippen LogP contribution in [-0.4, -0.2) is 13.1 Å². The lowest BCUT2D eigenvalue weighted by Gasteiger charge is -2.25. The first-order chi connectivity index (χ1) is 10.1. The first-order valence-electron chi connectivity index (χ1n) is 7.12. The van der Waals surface area contributed by atoms with Gasteiger partial charge >= 0.3 is 0 Å². The largest absolute Gasteiger partial charge is 0.372 e. The molecule has 2 aromatic rings. The van der Waals surface area contributed by atoms with E-state index in [2.05, 4.69) is 4.90 Å². The fourth-order valence-corrected chi connectivity index (χ4v) is 2.35. The minimum atomic E-state index is -0.347. The predicted molar refractivity (Wildman–Crippen MR) is 82.2 cm³/mol. The first-order valence-corrected chi connectivity index (χ1v) is 7.12. The summed E-state index contributed by atoms with van der Waals surface area (Å²) in [6.45, 7) is 3.51. The van der Waals surface area contributed by atoms with Crippen molar-refractivity contribution >= 4 is 5.69 Å². The highest BCUT2D eigenvalue weighted by Gasteiger charge is 2.13. The second-order valence-electron chi connectivity index (χ2n) is 4.97. The van der Waals surface area contributed by atoms with E-state index in [1.807, 2.05) is 6.92 Å². The molecule has 0 saturated carbocycles. The van der Waals surface area contributed by atoms with Crippen molar-refractivity contribution in [2.24, 2.45) is 5.73 Å². The molecule has 1 atom stereocenters. The van der Waals surface area contributed by atoms with Gasteiger partial charge in [0.15, 0.2) is 0 Å². The van der Waals surface area contributed by atoms with Gasteiger partial charge in [0.05, 0.1) is 0 Å². The van der Waals surface area contributed by atoms with E-state index in [1.165, 1.54) is 18.2 Å². The van der Waals surface area contributed by atoms with Gasteiger partial charge in [-0.1, -0.05) is 18.2 Å². The third-order valence-corrected chi connectivity index (χ3v) is 3.59. The molecule has 2 nitrogen and oxygen atoms in total. The molecule has 0 spiro atoms. The number of anilines is 1. The van der Waals surface area contributed by atoms with Crippen LogP contribution in [0.1, 0.15) is 24.9 Å². The van der Waals surface area contributed by atoms with E-state index in [0.29, 0.717) is 18.5 Å². The smallest absolute Gasteiger partial charge is 0.127 e. The SMILES string of the molecule is CCN(CCC(N)c1ccccc1F)c1ccc(F)cc1. The fourth-order valence-electron chi connectivity index (χ4n) is 2.35. The molecule has 0 radical (unpaired) electrons. The lowest BCUT2D eigenvalue weighted by atomic mass is 10.0. The summed E-state index contributed by atoms with van der Waals surface area (Å²) < 4.78 is 26.6. The summed E-state index contributed by atoms with van der Waals surface area (Å²) in [5, 5.41) is 0. The molecule has 0 fully saturated rings. The maximum Gasteiger partial charge on any atom is 0.127 e. The second kappa shape index (κ2) is 7.18. The Balaban J connectivity index is 2.00. The van der Waals surface area contributed by atoms with Crippen LogP contribution >= 0.6 is 0 Å². The van der Waals surface area contributed by atoms with Crippen molar-refractivity contribution in [3.63, 3.8) is 0 Å². The number of benzene rings is 2. The zero-order valence-corrected chi connectivity index (χ0v) is 12.1. The van der Waals surface area contributed by atoms with E-state index in [0.717, 1.165) is 12.2 Å². The molecule has 112 valence electrons. The molecule has 0 aliphatic heterocycles. The Kier molecular flexibility index (Phi) is 5.28. The van der Waals surface area contributed by atoms with Crippen molar-refractivity contribution in [3.05, 3.63) is 65.7 Å². The van der Waals surface area contributed by atoms with E-state index < -0.39 is 0 Å². The Bertz CT molecular complexity index is 569. The van der Waals surface area contributed by atoms with Crippen LogP contribution < -0.4 is 10.6 Å². The van der Waals surface area contributed by atoms with Gasteiger partial charge in [0, 0.05) is 30.4 Å². The number of hydrogen-bond acceptors (Lipinski definition) is 2. The number of nitrogens with two attached hydrogens (primary N) is 1. The van der Waals surface area contributed by atoms with Gasteiger partial charge in [0.1, 0.15) is 11.6 Å². The Hall–Kier alpha value is -1.94. The third-order valence-electron chi connectivity index (χ3n) is 3.59. The van der Waals surface area contributed by atoms with Crippen LogP contribution in [0, 0.1) is 11.6 Å². The molecule has 0 aliphatic rings. The van der Waals surface area contributed by atoms with Gasteiger partial charge in [-0.25, -0.2) is 8.78 Å². The van der Waals surface area contributed by atoms with Crippen LogP contribution in [0.4, 0.5) is 14.5 Å². The summed E-state index contributed by atoms with van der Waals surface area (Å²) in [5.41, 5.74) is 7.55. The van der Waals surface area contributed by atoms with Crippen LogP contribution in [0.2, 0.25) is 0 Å². The van der Waals surface area contributed by atoms with E-state index >= 15 is 0 Å². The molecule has 2 rings (SSSR count). The van der Waals surface area contributed by atoms with Gasteiger partial charge in [-0.3, -0.25) is 0 Å². The molecule has 0 amide bonds. The number of halogens is 2. The Morgan fingerprint density at radius 1 is 1.05 bits per heavy atom. The fraction of sp³-hybridized carbons (Fsp3) is 0.294. The highest BCUT2D eigenvalue weighted by molar-refractivity contribution is 5.46. The molecule has 2 aromatic carbocycles. The molecule has 2 N–H and O–H groups in total. The standard InChI is InChI=1S/C17H20F2N2/c1-2-21(14-9-7-13(18)8-10-14)12-11-17(20)15-5-3-4-6-16(15)19/h3-10,17H,2,11-12,20H2,1H3. The van der Waals surface area contributed by atoms with Gasteiger partial charge in [0.2, 0.25) is 0 Å². The normalized spacial score (nSPS) is 12.2. The van der Waals surface area contributed by atoms with Crippen LogP contribution in [0.15, 0.2) is 48.5 Å². The van der Waals surface area contributed by atoms with E-state index in [4.69, 9.17) is 5.73 Å². The van der Waals surface area contributed by atoms with Crippen LogP contribution in [0.5, 0.6) is 0 Å². The molecule has 0 heterocycles. The molecule has 1 unspecified atom stereocenters. The highest BCUT2D eigenvalue weighted by Crippen LogP contribution is 2.20. The summed E-state index contributed by atoms with van der Waals surface area (Å²) in [4.78, 5) is 2.10. The maximum absolute atomic E-state index is 13.7. The number of nitrogens with zero attached hydrogens (tertiary/aromatic N) is 1. The molecule has 0 aliphatic carbocycles. The molecule has 0 bridgehead atoms. The molecule has 0 aromatic heterocycles. The quantitative estimate of drug-likeness (QED) is 0.874. The number of hydrogen-bond donors (Lipinski definition) is 1. The summed E-state index contributed by atoms with van der Waals surface area (Å²) in [5.74, 6) is -0.521. The highest BCUT2D eigenvalue weighted by atomic mass is 19.1. The van der Waals surface area contributed by atoms with Crippen molar-refractivity contribution in [3.8, 4) is 0 Å². The predicted octanol–water partition coefficient (Wildman–Crippen LogP) is 3.88. The minimum Gasteiger partial charge on any atom is -0.372 e. The van der Waals surface area contributed by atoms with Crippen molar-refractivity contribution in [2.75, 3.05) is 18.0 Å². The van der Waals surface area contributed by atoms with Crippen molar-refractivity contribution in [1.82, 2.24) is 0 Å². The van der Waals surface area contributed by atoms with Crippen molar-refractivity contribution in [1.29, 1.82) is 0 Å². The van der Waals surface area contributed by atoms with E-state index in [1.54, 1.807) is 30.3 Å². The second-order valence-corrected chi connectivity index (χ2v) is 4.97. The minimum absolute atomic E-state index is 0.252. The van der Waals surface area contributed by atoms with Gasteiger partial charge < -0.3 is 10.6 Å². The first kappa shape index (κ1) is 15.4. The maximum atomic E-state index is 13.7. The molecular weight excluding hydrogens is 270 g/mol. The average molecular weight is 290 g/mol. The molecular formula is C17H20F2N2. The average Bonchev–Trinajstić information content (AvgIpc) is 2.49. The molecule has 0 saturated heterocycles. The summed E-state index contributed by atoms with van der Waals surface area (Å²) in [6.07, 6.45) is 0.631. The van der Waals surface area contributed by atoms with E-state index in [-0.39, 0.29) is 17.7 Å². The van der Waals surface area contributed by atoms with Crippen LogP contribution in [0.3, 0.4) is 0 Å². The zero-order chi connectivity index (χ0) is 15.2. The lowest BCUT2D eigenvalue weighted by Crippen LogP contribution is -2.27. The lowest BCUT2D eigenvalue weighted by molar-refractivity contribution is 0.560. The van der Waals surface area contributed by atoms with Crippen molar-refractivity contribution < 1.29 is 8.78 Å². The Morgan fingerprint density at radius 2 is 1.71 bits per heavy atom. The molecule has 4 heteroatoms. The summed E-state index contributed by atoms with van der Waals surface area (Å²) in [7, 11) is 0. The monoisotopic (exact) mass is 290 g/mol. The molecule has 21 heavy (non-hydrogen) atoms. The number of rotatable bonds is 6. The Morgan fingerprint density at radius 3 is 2.33 bits per heavy atom.